The standard InChI is InChI=1S/C22H23N5OS/c1-5-27-18(12-16(4)25-27)21(28)26(13-17-8-6-7-11-23-17)22-24-19-14(2)9-10-15(3)20(19)29-22/h6-12H,5,13H2,1-4H3. The minimum atomic E-state index is -0.118. The maximum absolute atomic E-state index is 13.6. The van der Waals surface area contributed by atoms with Gasteiger partial charge in [0.1, 0.15) is 5.69 Å². The normalized spacial score (nSPS) is 11.2. The summed E-state index contributed by atoms with van der Waals surface area (Å²) < 4.78 is 2.85. The van der Waals surface area contributed by atoms with Gasteiger partial charge in [-0.15, -0.1) is 0 Å². The summed E-state index contributed by atoms with van der Waals surface area (Å²) in [6.45, 7) is 8.99. The lowest BCUT2D eigenvalue weighted by atomic mass is 10.1. The molecule has 0 aliphatic carbocycles. The van der Waals surface area contributed by atoms with E-state index in [9.17, 15) is 4.79 Å². The van der Waals surface area contributed by atoms with E-state index in [1.54, 1.807) is 27.1 Å². The molecule has 148 valence electrons. The molecule has 0 bridgehead atoms. The second-order valence-corrected chi connectivity index (χ2v) is 8.05. The molecular formula is C22H23N5OS. The number of aromatic nitrogens is 4. The molecule has 6 nitrogen and oxygen atoms in total. The van der Waals surface area contributed by atoms with Crippen LogP contribution in [0.15, 0.2) is 42.6 Å². The molecule has 0 aliphatic rings. The van der Waals surface area contributed by atoms with E-state index in [1.807, 2.05) is 45.0 Å². The van der Waals surface area contributed by atoms with Crippen LogP contribution in [0.4, 0.5) is 5.13 Å². The minimum absolute atomic E-state index is 0.118. The van der Waals surface area contributed by atoms with Crippen molar-refractivity contribution in [3.8, 4) is 0 Å². The lowest BCUT2D eigenvalue weighted by Crippen LogP contribution is -2.32. The first-order valence-electron chi connectivity index (χ1n) is 9.61. The molecule has 1 amide bonds. The van der Waals surface area contributed by atoms with E-state index in [0.717, 1.165) is 32.7 Å². The average Bonchev–Trinajstić information content (AvgIpc) is 3.34. The van der Waals surface area contributed by atoms with Gasteiger partial charge in [0.2, 0.25) is 0 Å². The molecule has 3 aromatic heterocycles. The van der Waals surface area contributed by atoms with Crippen molar-refractivity contribution in [3.63, 3.8) is 0 Å². The zero-order valence-electron chi connectivity index (χ0n) is 17.0. The van der Waals surface area contributed by atoms with Crippen molar-refractivity contribution < 1.29 is 4.79 Å². The highest BCUT2D eigenvalue weighted by Gasteiger charge is 2.26. The molecule has 0 saturated carbocycles. The SMILES string of the molecule is CCn1nc(C)cc1C(=O)N(Cc1ccccn1)c1nc2c(C)ccc(C)c2s1. The van der Waals surface area contributed by atoms with Gasteiger partial charge in [0.15, 0.2) is 5.13 Å². The second-order valence-electron chi connectivity index (χ2n) is 7.07. The van der Waals surface area contributed by atoms with Crippen LogP contribution in [0.1, 0.15) is 39.9 Å². The number of thiazole rings is 1. The maximum atomic E-state index is 13.6. The molecular weight excluding hydrogens is 382 g/mol. The van der Waals surface area contributed by atoms with Crippen LogP contribution >= 0.6 is 11.3 Å². The number of hydrogen-bond acceptors (Lipinski definition) is 5. The number of benzene rings is 1. The molecule has 0 aliphatic heterocycles. The lowest BCUT2D eigenvalue weighted by Gasteiger charge is -2.19. The number of amides is 1. The van der Waals surface area contributed by atoms with Gasteiger partial charge in [0.25, 0.3) is 5.91 Å². The van der Waals surface area contributed by atoms with Gasteiger partial charge in [-0.2, -0.15) is 5.10 Å². The predicted octanol–water partition coefficient (Wildman–Crippen LogP) is 4.68. The van der Waals surface area contributed by atoms with Gasteiger partial charge in [-0.05, 0) is 57.0 Å². The molecule has 4 rings (SSSR count). The zero-order valence-corrected chi connectivity index (χ0v) is 17.8. The number of nitrogens with zero attached hydrogens (tertiary/aromatic N) is 5. The predicted molar refractivity (Wildman–Crippen MR) is 116 cm³/mol. The summed E-state index contributed by atoms with van der Waals surface area (Å²) in [5.74, 6) is -0.118. The van der Waals surface area contributed by atoms with Crippen LogP contribution in [0, 0.1) is 20.8 Å². The topological polar surface area (TPSA) is 63.9 Å². The van der Waals surface area contributed by atoms with E-state index < -0.39 is 0 Å². The Balaban J connectivity index is 1.83. The Morgan fingerprint density at radius 3 is 2.62 bits per heavy atom. The number of anilines is 1. The third kappa shape index (κ3) is 3.65. The molecule has 0 radical (unpaired) electrons. The smallest absolute Gasteiger partial charge is 0.277 e. The number of rotatable bonds is 5. The molecule has 0 atom stereocenters. The van der Waals surface area contributed by atoms with Crippen molar-refractivity contribution in [3.05, 3.63) is 70.8 Å². The van der Waals surface area contributed by atoms with Crippen molar-refractivity contribution in [1.29, 1.82) is 0 Å². The molecule has 4 aromatic rings. The molecule has 0 spiro atoms. The molecule has 0 unspecified atom stereocenters. The van der Waals surface area contributed by atoms with Crippen molar-refractivity contribution in [1.82, 2.24) is 19.7 Å². The van der Waals surface area contributed by atoms with Crippen LogP contribution in [0.25, 0.3) is 10.2 Å². The Morgan fingerprint density at radius 2 is 1.93 bits per heavy atom. The molecule has 1 aromatic carbocycles. The third-order valence-electron chi connectivity index (χ3n) is 4.87. The summed E-state index contributed by atoms with van der Waals surface area (Å²) >= 11 is 1.55. The number of hydrogen-bond donors (Lipinski definition) is 0. The van der Waals surface area contributed by atoms with Crippen molar-refractivity contribution in [2.24, 2.45) is 0 Å². The summed E-state index contributed by atoms with van der Waals surface area (Å²) in [6, 6.07) is 11.7. The third-order valence-corrected chi connectivity index (χ3v) is 6.09. The minimum Gasteiger partial charge on any atom is -0.277 e. The second kappa shape index (κ2) is 7.75. The van der Waals surface area contributed by atoms with Crippen LogP contribution in [0.2, 0.25) is 0 Å². The largest absolute Gasteiger partial charge is 0.278 e. The van der Waals surface area contributed by atoms with Gasteiger partial charge in [-0.1, -0.05) is 29.5 Å². The van der Waals surface area contributed by atoms with E-state index in [0.29, 0.717) is 23.9 Å². The van der Waals surface area contributed by atoms with Gasteiger partial charge in [-0.25, -0.2) is 4.98 Å². The Bertz CT molecular complexity index is 1140. The molecule has 0 fully saturated rings. The van der Waals surface area contributed by atoms with Gasteiger partial charge < -0.3 is 0 Å². The van der Waals surface area contributed by atoms with Crippen LogP contribution in [0.3, 0.4) is 0 Å². The van der Waals surface area contributed by atoms with Gasteiger partial charge >= 0.3 is 0 Å². The first-order valence-corrected chi connectivity index (χ1v) is 10.4. The van der Waals surface area contributed by atoms with Gasteiger partial charge in [0, 0.05) is 12.7 Å². The number of pyridine rings is 1. The van der Waals surface area contributed by atoms with E-state index in [1.165, 1.54) is 0 Å². The average molecular weight is 406 g/mol. The summed E-state index contributed by atoms with van der Waals surface area (Å²) in [6.07, 6.45) is 1.74. The fourth-order valence-corrected chi connectivity index (χ4v) is 4.45. The van der Waals surface area contributed by atoms with E-state index in [-0.39, 0.29) is 5.91 Å². The molecule has 29 heavy (non-hydrogen) atoms. The number of fused-ring (bicyclic) bond motifs is 1. The first-order chi connectivity index (χ1) is 14.0. The molecule has 0 saturated heterocycles. The van der Waals surface area contributed by atoms with E-state index >= 15 is 0 Å². The molecule has 7 heteroatoms. The monoisotopic (exact) mass is 405 g/mol. The highest BCUT2D eigenvalue weighted by molar-refractivity contribution is 7.22. The first kappa shape index (κ1) is 19.3. The zero-order chi connectivity index (χ0) is 20.5. The summed E-state index contributed by atoms with van der Waals surface area (Å²) in [7, 11) is 0. The number of carbonyl (C=O) groups is 1. The fourth-order valence-electron chi connectivity index (χ4n) is 3.34. The van der Waals surface area contributed by atoms with Gasteiger partial charge in [-0.3, -0.25) is 19.4 Å². The van der Waals surface area contributed by atoms with E-state index in [2.05, 4.69) is 29.1 Å². The van der Waals surface area contributed by atoms with Crippen LogP contribution in [0.5, 0.6) is 0 Å². The fraction of sp³-hybridized carbons (Fsp3) is 0.273. The van der Waals surface area contributed by atoms with E-state index in [4.69, 9.17) is 4.98 Å². The Morgan fingerprint density at radius 1 is 1.14 bits per heavy atom. The lowest BCUT2D eigenvalue weighted by molar-refractivity contribution is 0.0974. The summed E-state index contributed by atoms with van der Waals surface area (Å²) in [5.41, 5.74) is 5.41. The summed E-state index contributed by atoms with van der Waals surface area (Å²) in [4.78, 5) is 24.6. The Hall–Kier alpha value is -3.06. The highest BCUT2D eigenvalue weighted by atomic mass is 32.1. The van der Waals surface area contributed by atoms with Crippen molar-refractivity contribution >= 4 is 32.6 Å². The molecule has 3 heterocycles. The quantitative estimate of drug-likeness (QED) is 0.484. The number of carbonyl (C=O) groups excluding carboxylic acids is 1. The Labute approximate surface area is 173 Å². The summed E-state index contributed by atoms with van der Waals surface area (Å²) in [5, 5.41) is 5.12. The maximum Gasteiger partial charge on any atom is 0.278 e. The highest BCUT2D eigenvalue weighted by Crippen LogP contribution is 2.34. The van der Waals surface area contributed by atoms with Gasteiger partial charge in [0.05, 0.1) is 28.1 Å². The van der Waals surface area contributed by atoms with Crippen LogP contribution < -0.4 is 4.90 Å². The molecule has 0 N–H and O–H groups in total. The number of aryl methyl sites for hydroxylation is 4. The Kier molecular flexibility index (Phi) is 5.15. The van der Waals surface area contributed by atoms with Crippen molar-refractivity contribution in [2.45, 2.75) is 40.8 Å². The van der Waals surface area contributed by atoms with Crippen molar-refractivity contribution in [2.75, 3.05) is 4.90 Å². The van der Waals surface area contributed by atoms with Crippen LogP contribution in [-0.4, -0.2) is 25.7 Å². The van der Waals surface area contributed by atoms with Crippen LogP contribution in [-0.2, 0) is 13.1 Å².